The first kappa shape index (κ1) is 11.8. The summed E-state index contributed by atoms with van der Waals surface area (Å²) < 4.78 is 10.3. The van der Waals surface area contributed by atoms with Gasteiger partial charge in [0.1, 0.15) is 0 Å². The van der Waals surface area contributed by atoms with Gasteiger partial charge in [0.15, 0.2) is 0 Å². The van der Waals surface area contributed by atoms with E-state index < -0.39 is 11.6 Å². The lowest BCUT2D eigenvalue weighted by Gasteiger charge is -2.22. The van der Waals surface area contributed by atoms with Crippen molar-refractivity contribution in [1.29, 1.82) is 0 Å². The summed E-state index contributed by atoms with van der Waals surface area (Å²) in [6.45, 7) is 0. The van der Waals surface area contributed by atoms with Crippen LogP contribution in [0.2, 0.25) is 0 Å². The number of nitrogens with zero attached hydrogens (tertiary/aromatic N) is 1. The van der Waals surface area contributed by atoms with Crippen LogP contribution in [0, 0.1) is 0 Å². The Hall–Kier alpha value is -2.30. The van der Waals surface area contributed by atoms with E-state index in [1.165, 1.54) is 13.4 Å². The molecule has 19 heavy (non-hydrogen) atoms. The molecule has 0 saturated carbocycles. The lowest BCUT2D eigenvalue weighted by Crippen LogP contribution is -2.38. The van der Waals surface area contributed by atoms with Crippen molar-refractivity contribution in [2.24, 2.45) is 0 Å². The van der Waals surface area contributed by atoms with E-state index in [-0.39, 0.29) is 12.3 Å². The molecular formula is C14H13NO4. The number of para-hydroxylation sites is 1. The summed E-state index contributed by atoms with van der Waals surface area (Å²) >= 11 is 0. The molecule has 1 aromatic carbocycles. The number of amides is 1. The predicted octanol–water partition coefficient (Wildman–Crippen LogP) is 1.34. The predicted molar refractivity (Wildman–Crippen MR) is 67.3 cm³/mol. The Balaban J connectivity index is 2.04. The Morgan fingerprint density at radius 2 is 2.16 bits per heavy atom. The first-order chi connectivity index (χ1) is 9.10. The van der Waals surface area contributed by atoms with Crippen molar-refractivity contribution < 1.29 is 19.1 Å². The van der Waals surface area contributed by atoms with Crippen molar-refractivity contribution in [1.82, 2.24) is 0 Å². The molecule has 1 aromatic rings. The topological polar surface area (TPSA) is 55.8 Å². The van der Waals surface area contributed by atoms with E-state index in [1.807, 2.05) is 24.3 Å². The van der Waals surface area contributed by atoms with Crippen molar-refractivity contribution in [3.8, 4) is 0 Å². The highest BCUT2D eigenvalue weighted by Crippen LogP contribution is 2.48. The van der Waals surface area contributed by atoms with Crippen LogP contribution in [0.5, 0.6) is 0 Å². The van der Waals surface area contributed by atoms with Crippen molar-refractivity contribution in [3.63, 3.8) is 0 Å². The fourth-order valence-corrected chi connectivity index (χ4v) is 2.66. The van der Waals surface area contributed by atoms with Crippen LogP contribution < -0.4 is 4.90 Å². The minimum Gasteiger partial charge on any atom is -0.479 e. The lowest BCUT2D eigenvalue weighted by molar-refractivity contribution is -0.136. The monoisotopic (exact) mass is 259 g/mol. The second-order valence-electron chi connectivity index (χ2n) is 4.64. The van der Waals surface area contributed by atoms with E-state index >= 15 is 0 Å². The molecule has 2 aliphatic heterocycles. The smallest absolute Gasteiger partial charge is 0.337 e. The first-order valence-corrected chi connectivity index (χ1v) is 5.93. The van der Waals surface area contributed by atoms with Gasteiger partial charge in [-0.2, -0.15) is 0 Å². The molecule has 0 aromatic heterocycles. The Kier molecular flexibility index (Phi) is 2.38. The molecule has 98 valence electrons. The number of anilines is 1. The zero-order chi connectivity index (χ0) is 13.6. The molecule has 1 spiro atoms. The minimum atomic E-state index is -1.10. The maximum Gasteiger partial charge on any atom is 0.337 e. The third kappa shape index (κ3) is 1.41. The molecule has 3 rings (SSSR count). The van der Waals surface area contributed by atoms with Gasteiger partial charge in [0, 0.05) is 19.0 Å². The van der Waals surface area contributed by atoms with E-state index in [0.717, 1.165) is 11.3 Å². The van der Waals surface area contributed by atoms with Gasteiger partial charge in [-0.15, -0.1) is 0 Å². The Morgan fingerprint density at radius 1 is 1.42 bits per heavy atom. The number of fused-ring (bicyclic) bond motifs is 2. The second-order valence-corrected chi connectivity index (χ2v) is 4.64. The van der Waals surface area contributed by atoms with E-state index in [1.54, 1.807) is 11.9 Å². The summed E-state index contributed by atoms with van der Waals surface area (Å²) in [6.07, 6.45) is 1.54. The summed E-state index contributed by atoms with van der Waals surface area (Å²) in [4.78, 5) is 25.6. The van der Waals surface area contributed by atoms with Crippen LogP contribution in [0.4, 0.5) is 5.69 Å². The largest absolute Gasteiger partial charge is 0.479 e. The van der Waals surface area contributed by atoms with Gasteiger partial charge in [0.25, 0.3) is 5.91 Å². The summed E-state index contributed by atoms with van der Waals surface area (Å²) in [7, 11) is 3.01. The standard InChI is InChI=1S/C14H13NO4/c1-15-11-6-4-3-5-10(11)14(13(15)17)7-9(8-19-14)12(16)18-2/h3-6,8H,7H2,1-2H3. The summed E-state index contributed by atoms with van der Waals surface area (Å²) in [6, 6.07) is 7.43. The average Bonchev–Trinajstić information content (AvgIpc) is 2.98. The van der Waals surface area contributed by atoms with E-state index in [2.05, 4.69) is 4.74 Å². The molecule has 0 N–H and O–H groups in total. The van der Waals surface area contributed by atoms with Crippen LogP contribution in [0.15, 0.2) is 36.1 Å². The van der Waals surface area contributed by atoms with Gasteiger partial charge in [-0.05, 0) is 6.07 Å². The Labute approximate surface area is 110 Å². The van der Waals surface area contributed by atoms with Crippen molar-refractivity contribution in [2.75, 3.05) is 19.1 Å². The van der Waals surface area contributed by atoms with Crippen molar-refractivity contribution >= 4 is 17.6 Å². The second kappa shape index (κ2) is 3.85. The third-order valence-corrected chi connectivity index (χ3v) is 3.64. The molecule has 0 fully saturated rings. The van der Waals surface area contributed by atoms with Gasteiger partial charge in [-0.3, -0.25) is 4.79 Å². The number of carbonyl (C=O) groups excluding carboxylic acids is 2. The molecule has 1 amide bonds. The molecule has 0 radical (unpaired) electrons. The molecule has 0 saturated heterocycles. The molecule has 5 heteroatoms. The molecule has 2 aliphatic rings. The quantitative estimate of drug-likeness (QED) is 0.714. The zero-order valence-electron chi connectivity index (χ0n) is 10.7. The normalized spacial score (nSPS) is 24.2. The Bertz CT molecular complexity index is 607. The van der Waals surface area contributed by atoms with Crippen LogP contribution in [0.3, 0.4) is 0 Å². The third-order valence-electron chi connectivity index (χ3n) is 3.64. The molecule has 2 heterocycles. The van der Waals surface area contributed by atoms with Crippen molar-refractivity contribution in [3.05, 3.63) is 41.7 Å². The van der Waals surface area contributed by atoms with Gasteiger partial charge < -0.3 is 14.4 Å². The average molecular weight is 259 g/mol. The van der Waals surface area contributed by atoms with Crippen molar-refractivity contribution in [2.45, 2.75) is 12.0 Å². The van der Waals surface area contributed by atoms with E-state index in [4.69, 9.17) is 4.74 Å². The number of carbonyl (C=O) groups is 2. The van der Waals surface area contributed by atoms with Crippen LogP contribution >= 0.6 is 0 Å². The number of hydrogen-bond acceptors (Lipinski definition) is 4. The number of esters is 1. The van der Waals surface area contributed by atoms with E-state index in [0.29, 0.717) is 5.57 Å². The fraction of sp³-hybridized carbons (Fsp3) is 0.286. The summed E-state index contributed by atoms with van der Waals surface area (Å²) in [5, 5.41) is 0. The molecule has 0 bridgehead atoms. The number of hydrogen-bond donors (Lipinski definition) is 0. The summed E-state index contributed by atoms with van der Waals surface area (Å²) in [5.74, 6) is -0.624. The van der Waals surface area contributed by atoms with Crippen LogP contribution in [-0.4, -0.2) is 26.0 Å². The number of benzene rings is 1. The van der Waals surface area contributed by atoms with Gasteiger partial charge >= 0.3 is 5.97 Å². The van der Waals surface area contributed by atoms with Crippen LogP contribution in [-0.2, 0) is 24.7 Å². The van der Waals surface area contributed by atoms with Gasteiger partial charge in [0.05, 0.1) is 24.6 Å². The summed E-state index contributed by atoms with van der Waals surface area (Å²) in [5.41, 5.74) is 0.875. The molecular weight excluding hydrogens is 246 g/mol. The van der Waals surface area contributed by atoms with E-state index in [9.17, 15) is 9.59 Å². The maximum atomic E-state index is 12.5. The maximum absolute atomic E-state index is 12.5. The molecule has 5 nitrogen and oxygen atoms in total. The number of likely N-dealkylation sites (N-methyl/N-ethyl adjacent to an activating group) is 1. The lowest BCUT2D eigenvalue weighted by atomic mass is 9.90. The fourth-order valence-electron chi connectivity index (χ4n) is 2.66. The number of ether oxygens (including phenoxy) is 2. The highest BCUT2D eigenvalue weighted by molar-refractivity contribution is 6.08. The highest BCUT2D eigenvalue weighted by atomic mass is 16.5. The first-order valence-electron chi connectivity index (χ1n) is 5.93. The zero-order valence-corrected chi connectivity index (χ0v) is 10.7. The molecule has 1 unspecified atom stereocenters. The SMILES string of the molecule is COC(=O)C1=COC2(C1)C(=O)N(C)c1ccccc12. The Morgan fingerprint density at radius 3 is 2.89 bits per heavy atom. The molecule has 1 atom stereocenters. The number of rotatable bonds is 1. The van der Waals surface area contributed by atoms with Gasteiger partial charge in [-0.25, -0.2) is 4.79 Å². The van der Waals surface area contributed by atoms with Gasteiger partial charge in [0.2, 0.25) is 5.60 Å². The van der Waals surface area contributed by atoms with Crippen LogP contribution in [0.25, 0.3) is 0 Å². The minimum absolute atomic E-state index is 0.163. The van der Waals surface area contributed by atoms with Gasteiger partial charge in [-0.1, -0.05) is 18.2 Å². The van der Waals surface area contributed by atoms with Crippen LogP contribution in [0.1, 0.15) is 12.0 Å². The number of methoxy groups -OCH3 is 1. The highest BCUT2D eigenvalue weighted by Gasteiger charge is 2.55. The molecule has 0 aliphatic carbocycles.